The first kappa shape index (κ1) is 78.5. The lowest BCUT2D eigenvalue weighted by Gasteiger charge is -2.09. The van der Waals surface area contributed by atoms with Gasteiger partial charge in [-0.15, -0.1) is 45.3 Å². The van der Waals surface area contributed by atoms with Crippen LogP contribution >= 0.6 is 45.3 Å². The van der Waals surface area contributed by atoms with Crippen molar-refractivity contribution >= 4 is 172 Å². The second-order valence-corrected chi connectivity index (χ2v) is 36.6. The van der Waals surface area contributed by atoms with Gasteiger partial charge in [-0.2, -0.15) is 0 Å². The third kappa shape index (κ3) is 14.7. The summed E-state index contributed by atoms with van der Waals surface area (Å²) in [7, 11) is 0. The van der Waals surface area contributed by atoms with Crippen LogP contribution in [0.25, 0.3) is 261 Å². The van der Waals surface area contributed by atoms with Gasteiger partial charge < -0.3 is 4.42 Å². The van der Waals surface area contributed by atoms with E-state index in [1.807, 2.05) is 212 Å². The molecule has 27 rings (SSSR count). The van der Waals surface area contributed by atoms with Crippen LogP contribution in [0.2, 0.25) is 0 Å². The Morgan fingerprint density at radius 1 is 0.165 bits per heavy atom. The molecule has 0 unspecified atom stereocenters. The molecule has 0 saturated carbocycles. The summed E-state index contributed by atoms with van der Waals surface area (Å²) in [5.74, 6) is 5.79. The fourth-order valence-electron chi connectivity index (χ4n) is 17.8. The molecule has 0 fully saturated rings. The van der Waals surface area contributed by atoms with Gasteiger partial charge in [-0.1, -0.05) is 352 Å². The summed E-state index contributed by atoms with van der Waals surface area (Å²) in [6.45, 7) is 0. The Morgan fingerprint density at radius 3 is 0.910 bits per heavy atom. The van der Waals surface area contributed by atoms with Gasteiger partial charge in [0.1, 0.15) is 26.2 Å². The molecule has 17 heteroatoms. The van der Waals surface area contributed by atoms with Crippen molar-refractivity contribution in [2.75, 3.05) is 0 Å². The molecule has 0 N–H and O–H groups in total. The van der Waals surface area contributed by atoms with Gasteiger partial charge in [0.2, 0.25) is 0 Å². The van der Waals surface area contributed by atoms with Gasteiger partial charge in [0, 0.05) is 108 Å². The highest BCUT2D eigenvalue weighted by atomic mass is 32.1. The number of hydrogen-bond acceptors (Lipinski definition) is 17. The van der Waals surface area contributed by atoms with E-state index < -0.39 is 0 Å². The first-order chi connectivity index (χ1) is 65.8. The Bertz CT molecular complexity index is 8710. The van der Waals surface area contributed by atoms with E-state index in [0.29, 0.717) is 52.4 Å². The lowest BCUT2D eigenvalue weighted by molar-refractivity contribution is 0.670. The minimum Gasteiger partial charge on any atom is -0.455 e. The Morgan fingerprint density at radius 2 is 0.481 bits per heavy atom. The quantitative estimate of drug-likeness (QED) is 0.106. The fourth-order valence-corrected chi connectivity index (χ4v) is 22.1. The Kier molecular flexibility index (Phi) is 19.7. The van der Waals surface area contributed by atoms with E-state index in [9.17, 15) is 0 Å². The summed E-state index contributed by atoms with van der Waals surface area (Å²) in [6.07, 6.45) is 0. The third-order valence-corrected chi connectivity index (χ3v) is 28.7. The lowest BCUT2D eigenvalue weighted by Crippen LogP contribution is -2.00. The SMILES string of the molecule is c1ccc(-c2nc(-c3ccccc3)nc(-c3ccc4ccc5sc(-c6cc7ccccc7c7ccccc67)nc5c4c3)n2)cc1.c1ccc(-c2nc(-c3ccccc3)nc(-c3ccc4ccc5sc(-c6cccc7c6oc6ccccc67)nc5c4c3)n2)cc1.c1ccc(-c2nc(-c3ccccc3)nc(-c3ccc4ccc5sc(-c6cccc7c6sc6ccccc67)nc5c4c3)n2)cc1. The number of hydrogen-bond donors (Lipinski definition) is 0. The number of benzene rings is 19. The maximum absolute atomic E-state index is 6.34. The number of rotatable bonds is 12. The van der Waals surface area contributed by atoms with Gasteiger partial charge >= 0.3 is 0 Å². The summed E-state index contributed by atoms with van der Waals surface area (Å²) < 4.78 is 12.3. The first-order valence-corrected chi connectivity index (χ1v) is 47.0. The molecule has 133 heavy (non-hydrogen) atoms. The molecule has 8 aromatic heterocycles. The molecule has 0 bridgehead atoms. The largest absolute Gasteiger partial charge is 0.455 e. The zero-order valence-corrected chi connectivity index (χ0v) is 73.9. The molecular formula is C116H68N12OS4. The molecule has 0 spiro atoms. The smallest absolute Gasteiger partial charge is 0.164 e. The van der Waals surface area contributed by atoms with Crippen LogP contribution in [-0.4, -0.2) is 59.8 Å². The Hall–Kier alpha value is -16.8. The van der Waals surface area contributed by atoms with Crippen molar-refractivity contribution in [2.24, 2.45) is 0 Å². The van der Waals surface area contributed by atoms with E-state index in [0.717, 1.165) is 161 Å². The van der Waals surface area contributed by atoms with Crippen LogP contribution in [0.5, 0.6) is 0 Å². The number of thiophene rings is 1. The normalized spacial score (nSPS) is 11.6. The number of fused-ring (bicyclic) bond motifs is 18. The fraction of sp³-hybridized carbons (Fsp3) is 0. The van der Waals surface area contributed by atoms with E-state index in [1.54, 1.807) is 34.0 Å². The average Bonchev–Trinajstić information content (AvgIpc) is 1.65. The summed E-state index contributed by atoms with van der Waals surface area (Å²) in [6, 6.07) is 142. The lowest BCUT2D eigenvalue weighted by atomic mass is 9.97. The van der Waals surface area contributed by atoms with Gasteiger partial charge in [0.05, 0.1) is 36.2 Å². The van der Waals surface area contributed by atoms with Crippen LogP contribution in [0.1, 0.15) is 0 Å². The minimum atomic E-state index is 0.624. The Balaban J connectivity index is 0.000000107. The van der Waals surface area contributed by atoms with Crippen molar-refractivity contribution < 1.29 is 4.42 Å². The summed E-state index contributed by atoms with van der Waals surface area (Å²) in [5.41, 5.74) is 16.5. The molecule has 0 aliphatic rings. The monoisotopic (exact) mass is 1770 g/mol. The van der Waals surface area contributed by atoms with Gasteiger partial charge in [0.25, 0.3) is 0 Å². The van der Waals surface area contributed by atoms with Crippen molar-refractivity contribution in [2.45, 2.75) is 0 Å². The number of furan rings is 1. The van der Waals surface area contributed by atoms with Crippen molar-refractivity contribution in [1.82, 2.24) is 59.8 Å². The van der Waals surface area contributed by atoms with Crippen LogP contribution < -0.4 is 0 Å². The molecule has 19 aromatic carbocycles. The van der Waals surface area contributed by atoms with Crippen LogP contribution in [0, 0.1) is 0 Å². The van der Waals surface area contributed by atoms with Gasteiger partial charge in [-0.25, -0.2) is 59.8 Å². The number of thiazole rings is 3. The van der Waals surface area contributed by atoms with Crippen molar-refractivity contribution in [3.8, 4) is 134 Å². The standard InChI is InChI=1S/C40H24N4S.C38H22N4OS.C38H22N4S2/c1-3-11-26(12-4-1)37-42-38(27-13-5-2-6-14-27)44-39(43-37)29-20-19-25-21-22-35-36(33(25)24-29)41-40(45-35)34-23-28-15-7-8-16-30(28)31-17-9-10-18-32(31)34;2*1-3-10-24(11-4-1)35-40-36(25-12-5-2-6-13-25)42-37(41-35)26-19-18-23-20-21-32-33(30(23)22-26)39-38(44-32)29-16-9-15-28-27-14-7-8-17-31(27)43-34(28)29/h1-24H;2*1-22H. The summed E-state index contributed by atoms with van der Waals surface area (Å²) in [5, 5.41) is 19.3. The molecular weight excluding hydrogens is 1710 g/mol. The van der Waals surface area contributed by atoms with E-state index >= 15 is 0 Å². The molecule has 0 aliphatic heterocycles. The molecule has 0 atom stereocenters. The zero-order chi connectivity index (χ0) is 87.8. The number of aromatic nitrogens is 12. The van der Waals surface area contributed by atoms with Crippen LogP contribution in [0.3, 0.4) is 0 Å². The molecule has 0 radical (unpaired) electrons. The minimum absolute atomic E-state index is 0.624. The molecule has 0 aliphatic carbocycles. The van der Waals surface area contributed by atoms with Crippen molar-refractivity contribution in [3.63, 3.8) is 0 Å². The van der Waals surface area contributed by atoms with E-state index in [4.69, 9.17) is 64.2 Å². The maximum atomic E-state index is 6.34. The predicted molar refractivity (Wildman–Crippen MR) is 552 cm³/mol. The van der Waals surface area contributed by atoms with Crippen LogP contribution in [-0.2, 0) is 0 Å². The molecule has 0 saturated heterocycles. The van der Waals surface area contributed by atoms with Crippen LogP contribution in [0.4, 0.5) is 0 Å². The highest BCUT2D eigenvalue weighted by molar-refractivity contribution is 7.27. The van der Waals surface area contributed by atoms with E-state index in [-0.39, 0.29) is 0 Å². The average molecular weight is 1770 g/mol. The third-order valence-electron chi connectivity index (χ3n) is 24.3. The maximum Gasteiger partial charge on any atom is 0.164 e. The predicted octanol–water partition coefficient (Wildman–Crippen LogP) is 31.5. The second-order valence-electron chi connectivity index (χ2n) is 32.5. The molecule has 0 amide bonds. The van der Waals surface area contributed by atoms with Crippen LogP contribution in [0.15, 0.2) is 417 Å². The highest BCUT2D eigenvalue weighted by Gasteiger charge is 2.24. The molecule has 27 aromatic rings. The molecule has 13 nitrogen and oxygen atoms in total. The zero-order valence-electron chi connectivity index (χ0n) is 70.7. The summed E-state index contributed by atoms with van der Waals surface area (Å²) >= 11 is 7.00. The number of nitrogens with zero attached hydrogens (tertiary/aromatic N) is 12. The second kappa shape index (κ2) is 33.4. The van der Waals surface area contributed by atoms with Crippen molar-refractivity contribution in [1.29, 1.82) is 0 Å². The van der Waals surface area contributed by atoms with Gasteiger partial charge in [-0.05, 0) is 98.4 Å². The van der Waals surface area contributed by atoms with Gasteiger partial charge in [0.15, 0.2) is 52.4 Å². The molecule has 8 heterocycles. The topological polar surface area (TPSA) is 168 Å². The first-order valence-electron chi connectivity index (χ1n) is 43.7. The highest BCUT2D eigenvalue weighted by Crippen LogP contribution is 2.47. The van der Waals surface area contributed by atoms with Gasteiger partial charge in [-0.3, -0.25) is 0 Å². The van der Waals surface area contributed by atoms with Crippen molar-refractivity contribution in [3.05, 3.63) is 413 Å². The van der Waals surface area contributed by atoms with E-state index in [2.05, 4.69) is 212 Å². The summed E-state index contributed by atoms with van der Waals surface area (Å²) in [4.78, 5) is 60.1. The molecule has 622 valence electrons. The Labute approximate surface area is 776 Å². The van der Waals surface area contributed by atoms with E-state index in [1.165, 1.54) is 47.3 Å². The number of para-hydroxylation sites is 2.